The molecule has 0 heterocycles. The number of aryl methyl sites for hydroxylation is 1. The molecule has 0 aliphatic rings. The Hall–Kier alpha value is -3.55. The zero-order valence-corrected chi connectivity index (χ0v) is 18.4. The minimum absolute atomic E-state index is 0.0248. The zero-order valence-electron chi connectivity index (χ0n) is 18.4. The van der Waals surface area contributed by atoms with Crippen LogP contribution in [0.4, 0.5) is 30.7 Å². The van der Waals surface area contributed by atoms with Crippen LogP contribution < -0.4 is 4.74 Å². The van der Waals surface area contributed by atoms with Gasteiger partial charge in [0.1, 0.15) is 17.5 Å². The van der Waals surface area contributed by atoms with Crippen LogP contribution in [0.1, 0.15) is 25.3 Å². The van der Waals surface area contributed by atoms with Crippen LogP contribution in [0.15, 0.2) is 60.7 Å². The number of benzene rings is 4. The lowest BCUT2D eigenvalue weighted by Gasteiger charge is -2.13. The molecule has 0 aliphatic heterocycles. The number of hydrogen-bond acceptors (Lipinski definition) is 1. The summed E-state index contributed by atoms with van der Waals surface area (Å²) in [5.74, 6) is -5.47. The molecule has 0 bridgehead atoms. The van der Waals surface area contributed by atoms with Crippen molar-refractivity contribution in [2.24, 2.45) is 0 Å². The Kier molecular flexibility index (Phi) is 6.74. The van der Waals surface area contributed by atoms with Gasteiger partial charge in [0.2, 0.25) is 0 Å². The van der Waals surface area contributed by atoms with Gasteiger partial charge in [-0.2, -0.15) is 0 Å². The van der Waals surface area contributed by atoms with Crippen molar-refractivity contribution >= 4 is 10.8 Å². The largest absolute Gasteiger partial charge is 0.573 e. The average molecular weight is 492 g/mol. The number of halogens is 7. The van der Waals surface area contributed by atoms with E-state index in [4.69, 9.17) is 0 Å². The Morgan fingerprint density at radius 1 is 0.743 bits per heavy atom. The van der Waals surface area contributed by atoms with E-state index in [9.17, 15) is 26.3 Å². The van der Waals surface area contributed by atoms with Crippen LogP contribution in [-0.2, 0) is 6.42 Å². The minimum Gasteiger partial charge on any atom is -0.403 e. The van der Waals surface area contributed by atoms with Gasteiger partial charge in [0.15, 0.2) is 11.6 Å². The highest BCUT2D eigenvalue weighted by atomic mass is 19.4. The third-order valence-corrected chi connectivity index (χ3v) is 5.64. The summed E-state index contributed by atoms with van der Waals surface area (Å²) in [6.45, 7) is 2.07. The topological polar surface area (TPSA) is 9.23 Å². The highest BCUT2D eigenvalue weighted by molar-refractivity contribution is 5.89. The summed E-state index contributed by atoms with van der Waals surface area (Å²) >= 11 is 0. The highest BCUT2D eigenvalue weighted by Crippen LogP contribution is 2.36. The third-order valence-electron chi connectivity index (χ3n) is 5.64. The maximum atomic E-state index is 15.3. The number of alkyl halides is 3. The molecule has 0 aromatic heterocycles. The van der Waals surface area contributed by atoms with Crippen molar-refractivity contribution in [3.8, 4) is 28.0 Å². The summed E-state index contributed by atoms with van der Waals surface area (Å²) in [4.78, 5) is 0. The van der Waals surface area contributed by atoms with Gasteiger partial charge in [0.05, 0.1) is 5.56 Å². The number of rotatable bonds is 6. The zero-order chi connectivity index (χ0) is 25.3. The van der Waals surface area contributed by atoms with Crippen molar-refractivity contribution in [1.29, 1.82) is 0 Å². The summed E-state index contributed by atoms with van der Waals surface area (Å²) in [7, 11) is 0. The third kappa shape index (κ3) is 5.26. The molecule has 0 aliphatic carbocycles. The summed E-state index contributed by atoms with van der Waals surface area (Å²) < 4.78 is 99.7. The molecule has 0 radical (unpaired) electrons. The van der Waals surface area contributed by atoms with Crippen LogP contribution in [0.2, 0.25) is 0 Å². The van der Waals surface area contributed by atoms with Crippen LogP contribution in [-0.4, -0.2) is 6.36 Å². The fourth-order valence-corrected chi connectivity index (χ4v) is 3.97. The van der Waals surface area contributed by atoms with Crippen molar-refractivity contribution in [1.82, 2.24) is 0 Å². The predicted octanol–water partition coefficient (Wildman–Crippen LogP) is 8.97. The summed E-state index contributed by atoms with van der Waals surface area (Å²) in [6, 6.07) is 12.3. The molecule has 0 atom stereocenters. The molecule has 4 aromatic rings. The number of unbranched alkanes of at least 4 members (excludes halogenated alkanes) is 1. The van der Waals surface area contributed by atoms with Crippen LogP contribution in [0.25, 0.3) is 33.0 Å². The van der Waals surface area contributed by atoms with Gasteiger partial charge in [-0.1, -0.05) is 49.7 Å². The van der Waals surface area contributed by atoms with Crippen molar-refractivity contribution < 1.29 is 35.5 Å². The first kappa shape index (κ1) is 24.6. The molecule has 0 spiro atoms. The Bertz CT molecular complexity index is 1370. The van der Waals surface area contributed by atoms with Gasteiger partial charge in [-0.15, -0.1) is 13.2 Å². The van der Waals surface area contributed by atoms with E-state index in [1.807, 2.05) is 12.1 Å². The smallest absolute Gasteiger partial charge is 0.403 e. The molecule has 0 saturated heterocycles. The van der Waals surface area contributed by atoms with E-state index in [2.05, 4.69) is 11.7 Å². The quantitative estimate of drug-likeness (QED) is 0.244. The van der Waals surface area contributed by atoms with Crippen LogP contribution in [0.5, 0.6) is 5.75 Å². The van der Waals surface area contributed by atoms with Gasteiger partial charge >= 0.3 is 6.36 Å². The van der Waals surface area contributed by atoms with Crippen molar-refractivity contribution in [2.75, 3.05) is 0 Å². The molecule has 1 nitrogen and oxygen atoms in total. The van der Waals surface area contributed by atoms with Gasteiger partial charge < -0.3 is 4.74 Å². The first-order valence-electron chi connectivity index (χ1n) is 10.8. The molecular formula is C27H19F7O. The summed E-state index contributed by atoms with van der Waals surface area (Å²) in [6.07, 6.45) is -2.24. The lowest BCUT2D eigenvalue weighted by atomic mass is 9.95. The molecule has 8 heteroatoms. The molecule has 0 fully saturated rings. The van der Waals surface area contributed by atoms with Crippen LogP contribution in [0, 0.1) is 23.3 Å². The molecule has 0 N–H and O–H groups in total. The Labute approximate surface area is 196 Å². The fourth-order valence-electron chi connectivity index (χ4n) is 3.97. The van der Waals surface area contributed by atoms with E-state index >= 15 is 4.39 Å². The first-order valence-corrected chi connectivity index (χ1v) is 10.8. The standard InChI is InChI=1S/C27H19F7O/c1-2-3-4-15-5-8-19-16(11-15)6-9-20(26(19)31)18-13-22(29)25(23(30)14-18)17-7-10-24(21(28)12-17)35-27(32,33)34/h5-14H,2-4H2,1H3. The Balaban J connectivity index is 1.71. The van der Waals surface area contributed by atoms with Crippen LogP contribution in [0.3, 0.4) is 0 Å². The molecule has 0 saturated carbocycles. The van der Waals surface area contributed by atoms with Gasteiger partial charge in [-0.25, -0.2) is 17.6 Å². The summed E-state index contributed by atoms with van der Waals surface area (Å²) in [5, 5.41) is 0.962. The second-order valence-electron chi connectivity index (χ2n) is 8.09. The van der Waals surface area contributed by atoms with E-state index < -0.39 is 40.9 Å². The van der Waals surface area contributed by atoms with Gasteiger partial charge in [-0.3, -0.25) is 0 Å². The van der Waals surface area contributed by atoms with E-state index in [0.717, 1.165) is 43.0 Å². The number of hydrogen-bond donors (Lipinski definition) is 0. The van der Waals surface area contributed by atoms with E-state index in [-0.39, 0.29) is 16.7 Å². The monoisotopic (exact) mass is 492 g/mol. The Morgan fingerprint density at radius 2 is 1.43 bits per heavy atom. The first-order chi connectivity index (χ1) is 16.6. The highest BCUT2D eigenvalue weighted by Gasteiger charge is 2.32. The van der Waals surface area contributed by atoms with Crippen LogP contribution >= 0.6 is 0 Å². The van der Waals surface area contributed by atoms with Gasteiger partial charge in [0.25, 0.3) is 0 Å². The van der Waals surface area contributed by atoms with Crippen molar-refractivity contribution in [2.45, 2.75) is 32.5 Å². The minimum atomic E-state index is -5.12. The fraction of sp³-hybridized carbons (Fsp3) is 0.185. The average Bonchev–Trinajstić information content (AvgIpc) is 2.78. The van der Waals surface area contributed by atoms with E-state index in [0.29, 0.717) is 22.9 Å². The van der Waals surface area contributed by atoms with Gasteiger partial charge in [-0.05, 0) is 59.2 Å². The molecule has 35 heavy (non-hydrogen) atoms. The SMILES string of the molecule is CCCCc1ccc2c(F)c(-c3cc(F)c(-c4ccc(OC(F)(F)F)c(F)c4)c(F)c3)ccc2c1. The molecule has 0 unspecified atom stereocenters. The molecule has 4 aromatic carbocycles. The molecule has 182 valence electrons. The molecule has 0 amide bonds. The maximum Gasteiger partial charge on any atom is 0.573 e. The second kappa shape index (κ2) is 9.60. The molecular weight excluding hydrogens is 473 g/mol. The number of fused-ring (bicyclic) bond motifs is 1. The second-order valence-corrected chi connectivity index (χ2v) is 8.09. The van der Waals surface area contributed by atoms with Crippen molar-refractivity contribution in [3.63, 3.8) is 0 Å². The predicted molar refractivity (Wildman–Crippen MR) is 120 cm³/mol. The van der Waals surface area contributed by atoms with Crippen molar-refractivity contribution in [3.05, 3.63) is 89.5 Å². The maximum absolute atomic E-state index is 15.3. The van der Waals surface area contributed by atoms with E-state index in [1.54, 1.807) is 12.1 Å². The summed E-state index contributed by atoms with van der Waals surface area (Å²) in [5.41, 5.74) is -0.0315. The lowest BCUT2D eigenvalue weighted by molar-refractivity contribution is -0.275. The van der Waals surface area contributed by atoms with Gasteiger partial charge in [0, 0.05) is 10.9 Å². The molecule has 4 rings (SSSR count). The normalized spacial score (nSPS) is 11.8. The number of ether oxygens (including phenoxy) is 1. The lowest BCUT2D eigenvalue weighted by Crippen LogP contribution is -2.17. The van der Waals surface area contributed by atoms with E-state index in [1.165, 1.54) is 6.07 Å². The Morgan fingerprint density at radius 3 is 2.06 bits per heavy atom.